The first-order chi connectivity index (χ1) is 15.5. The van der Waals surface area contributed by atoms with E-state index < -0.39 is 0 Å². The van der Waals surface area contributed by atoms with Gasteiger partial charge >= 0.3 is 0 Å². The molecule has 1 aliphatic rings. The van der Waals surface area contributed by atoms with E-state index in [0.29, 0.717) is 22.1 Å². The van der Waals surface area contributed by atoms with Gasteiger partial charge in [-0.15, -0.1) is 0 Å². The van der Waals surface area contributed by atoms with Crippen LogP contribution in [0.25, 0.3) is 11.1 Å². The number of aromatic nitrogens is 1. The minimum Gasteiger partial charge on any atom is -0.362 e. The number of piperidine rings is 1. The number of carbonyl (C=O) groups is 1. The van der Waals surface area contributed by atoms with Crippen LogP contribution in [-0.2, 0) is 6.54 Å². The lowest BCUT2D eigenvalue weighted by Gasteiger charge is -2.27. The molecule has 6 heteroatoms. The summed E-state index contributed by atoms with van der Waals surface area (Å²) in [4.78, 5) is 21.7. The largest absolute Gasteiger partial charge is 0.362 e. The van der Waals surface area contributed by atoms with Crippen LogP contribution < -0.4 is 10.2 Å². The highest BCUT2D eigenvalue weighted by molar-refractivity contribution is 6.33. The topological polar surface area (TPSA) is 48.5 Å². The Morgan fingerprint density at radius 2 is 1.81 bits per heavy atom. The Morgan fingerprint density at radius 1 is 1.06 bits per heavy atom. The number of likely N-dealkylation sites (tertiary alicyclic amines) is 1. The maximum atomic E-state index is 13.0. The van der Waals surface area contributed by atoms with Gasteiger partial charge < -0.3 is 10.2 Å². The van der Waals surface area contributed by atoms with Crippen molar-refractivity contribution in [1.82, 2.24) is 9.88 Å². The molecular formula is C26H29ClN4O. The number of amides is 1. The summed E-state index contributed by atoms with van der Waals surface area (Å²) in [7, 11) is 3.76. The van der Waals surface area contributed by atoms with Gasteiger partial charge in [0.05, 0.1) is 16.9 Å². The molecule has 4 rings (SSSR count). The van der Waals surface area contributed by atoms with Crippen molar-refractivity contribution in [2.24, 2.45) is 0 Å². The second-order valence-electron chi connectivity index (χ2n) is 8.45. The number of rotatable bonds is 6. The number of hydrogen-bond acceptors (Lipinski definition) is 4. The molecule has 2 aromatic carbocycles. The van der Waals surface area contributed by atoms with Crippen molar-refractivity contribution in [3.63, 3.8) is 0 Å². The predicted molar refractivity (Wildman–Crippen MR) is 133 cm³/mol. The highest BCUT2D eigenvalue weighted by Gasteiger charge is 2.16. The van der Waals surface area contributed by atoms with Gasteiger partial charge in [-0.1, -0.05) is 54.4 Å². The first kappa shape index (κ1) is 22.3. The third kappa shape index (κ3) is 5.29. The number of benzene rings is 2. The van der Waals surface area contributed by atoms with Crippen LogP contribution in [-0.4, -0.2) is 43.0 Å². The number of halogens is 1. The molecule has 1 amide bonds. The smallest absolute Gasteiger partial charge is 0.255 e. The van der Waals surface area contributed by atoms with E-state index in [1.54, 1.807) is 12.3 Å². The second-order valence-corrected chi connectivity index (χ2v) is 8.86. The average molecular weight is 449 g/mol. The third-order valence-corrected chi connectivity index (χ3v) is 6.08. The van der Waals surface area contributed by atoms with Gasteiger partial charge in [-0.25, -0.2) is 4.98 Å². The van der Waals surface area contributed by atoms with Gasteiger partial charge in [-0.3, -0.25) is 9.69 Å². The van der Waals surface area contributed by atoms with Gasteiger partial charge in [0.1, 0.15) is 5.82 Å². The molecule has 0 saturated carbocycles. The Morgan fingerprint density at radius 3 is 2.50 bits per heavy atom. The second kappa shape index (κ2) is 10.2. The van der Waals surface area contributed by atoms with Gasteiger partial charge in [-0.2, -0.15) is 0 Å². The number of hydrogen-bond donors (Lipinski definition) is 1. The molecule has 5 nitrogen and oxygen atoms in total. The van der Waals surface area contributed by atoms with E-state index in [9.17, 15) is 4.79 Å². The summed E-state index contributed by atoms with van der Waals surface area (Å²) in [5, 5.41) is 3.44. The monoisotopic (exact) mass is 448 g/mol. The molecule has 3 aromatic rings. The van der Waals surface area contributed by atoms with Crippen LogP contribution in [0.3, 0.4) is 0 Å². The maximum absolute atomic E-state index is 13.0. The quantitative estimate of drug-likeness (QED) is 0.525. The summed E-state index contributed by atoms with van der Waals surface area (Å²) >= 11 is 6.32. The van der Waals surface area contributed by atoms with Gasteiger partial charge in [0, 0.05) is 26.2 Å². The number of anilines is 2. The molecule has 0 bridgehead atoms. The summed E-state index contributed by atoms with van der Waals surface area (Å²) in [6.07, 6.45) is 5.40. The summed E-state index contributed by atoms with van der Waals surface area (Å²) in [5.74, 6) is 0.501. The first-order valence-electron chi connectivity index (χ1n) is 11.1. The predicted octanol–water partition coefficient (Wildman–Crippen LogP) is 5.71. The average Bonchev–Trinajstić information content (AvgIpc) is 2.80. The molecule has 166 valence electrons. The summed E-state index contributed by atoms with van der Waals surface area (Å²) < 4.78 is 0. The Hall–Kier alpha value is -2.89. The number of nitrogens with zero attached hydrogens (tertiary/aromatic N) is 3. The Kier molecular flexibility index (Phi) is 7.08. The zero-order valence-corrected chi connectivity index (χ0v) is 19.4. The molecule has 1 aliphatic heterocycles. The molecule has 0 unspecified atom stereocenters. The molecule has 32 heavy (non-hydrogen) atoms. The van der Waals surface area contributed by atoms with Crippen molar-refractivity contribution in [3.05, 3.63) is 76.9 Å². The lowest BCUT2D eigenvalue weighted by molar-refractivity contribution is 0.102. The van der Waals surface area contributed by atoms with Gasteiger partial charge in [-0.05, 0) is 60.8 Å². The van der Waals surface area contributed by atoms with Gasteiger partial charge in [0.2, 0.25) is 0 Å². The van der Waals surface area contributed by atoms with E-state index >= 15 is 0 Å². The third-order valence-electron chi connectivity index (χ3n) is 5.80. The zero-order chi connectivity index (χ0) is 22.5. The van der Waals surface area contributed by atoms with Crippen molar-refractivity contribution in [2.45, 2.75) is 25.8 Å². The molecule has 1 fully saturated rings. The minimum atomic E-state index is -0.167. The fraction of sp³-hybridized carbons (Fsp3) is 0.308. The Bertz CT molecular complexity index is 1080. The SMILES string of the molecule is CN(C)c1ncc(NC(=O)c2ccc(-c3ccccc3)c(CN3CCCCC3)c2)cc1Cl. The fourth-order valence-electron chi connectivity index (χ4n) is 4.15. The number of carbonyl (C=O) groups excluding carboxylic acids is 1. The van der Waals surface area contributed by atoms with E-state index in [4.69, 9.17) is 11.6 Å². The molecule has 0 atom stereocenters. The van der Waals surface area contributed by atoms with Crippen molar-refractivity contribution in [1.29, 1.82) is 0 Å². The van der Waals surface area contributed by atoms with Crippen molar-refractivity contribution in [3.8, 4) is 11.1 Å². The number of nitrogens with one attached hydrogen (secondary N) is 1. The summed E-state index contributed by atoms with van der Waals surface area (Å²) in [6.45, 7) is 3.05. The standard InChI is InChI=1S/C26H29ClN4O/c1-30(2)25-24(27)16-22(17-28-25)29-26(32)20-11-12-23(19-9-5-3-6-10-19)21(15-20)18-31-13-7-4-8-14-31/h3,5-6,9-12,15-17H,4,7-8,13-14,18H2,1-2H3,(H,29,32). The highest BCUT2D eigenvalue weighted by Crippen LogP contribution is 2.28. The molecule has 1 saturated heterocycles. The van der Waals surface area contributed by atoms with Crippen LogP contribution in [0.15, 0.2) is 60.8 Å². The molecule has 2 heterocycles. The van der Waals surface area contributed by atoms with E-state index in [1.165, 1.54) is 36.0 Å². The van der Waals surface area contributed by atoms with E-state index in [1.807, 2.05) is 37.2 Å². The lowest BCUT2D eigenvalue weighted by Crippen LogP contribution is -2.29. The lowest BCUT2D eigenvalue weighted by atomic mass is 9.96. The van der Waals surface area contributed by atoms with Crippen LogP contribution in [0.5, 0.6) is 0 Å². The molecule has 0 spiro atoms. The fourth-order valence-corrected chi connectivity index (χ4v) is 4.49. The van der Waals surface area contributed by atoms with Crippen molar-refractivity contribution in [2.75, 3.05) is 37.4 Å². The zero-order valence-electron chi connectivity index (χ0n) is 18.6. The summed E-state index contributed by atoms with van der Waals surface area (Å²) in [5.41, 5.74) is 4.72. The van der Waals surface area contributed by atoms with Crippen LogP contribution in [0.4, 0.5) is 11.5 Å². The Balaban J connectivity index is 1.60. The minimum absolute atomic E-state index is 0.167. The van der Waals surface area contributed by atoms with E-state index in [-0.39, 0.29) is 5.91 Å². The van der Waals surface area contributed by atoms with Crippen LogP contribution in [0.1, 0.15) is 35.2 Å². The van der Waals surface area contributed by atoms with Crippen molar-refractivity contribution >= 4 is 29.0 Å². The maximum Gasteiger partial charge on any atom is 0.255 e. The molecule has 0 aliphatic carbocycles. The highest BCUT2D eigenvalue weighted by atomic mass is 35.5. The van der Waals surface area contributed by atoms with Crippen LogP contribution >= 0.6 is 11.6 Å². The van der Waals surface area contributed by atoms with Gasteiger partial charge in [0.15, 0.2) is 0 Å². The molecular weight excluding hydrogens is 420 g/mol. The normalized spacial score (nSPS) is 14.2. The first-order valence-corrected chi connectivity index (χ1v) is 11.4. The molecule has 1 N–H and O–H groups in total. The van der Waals surface area contributed by atoms with E-state index in [0.717, 1.165) is 19.6 Å². The molecule has 0 radical (unpaired) electrons. The van der Waals surface area contributed by atoms with E-state index in [2.05, 4.69) is 45.5 Å². The molecule has 1 aromatic heterocycles. The number of pyridine rings is 1. The summed E-state index contributed by atoms with van der Waals surface area (Å²) in [6, 6.07) is 18.1. The van der Waals surface area contributed by atoms with Crippen molar-refractivity contribution < 1.29 is 4.79 Å². The van der Waals surface area contributed by atoms with Crippen LogP contribution in [0.2, 0.25) is 5.02 Å². The van der Waals surface area contributed by atoms with Gasteiger partial charge in [0.25, 0.3) is 5.91 Å². The Labute approximate surface area is 195 Å². The van der Waals surface area contributed by atoms with Crippen LogP contribution in [0, 0.1) is 0 Å².